The molecule has 3 aromatic rings. The van der Waals surface area contributed by atoms with E-state index < -0.39 is 0 Å². The summed E-state index contributed by atoms with van der Waals surface area (Å²) in [6.45, 7) is 1.76. The molecule has 0 aliphatic rings. The summed E-state index contributed by atoms with van der Waals surface area (Å²) in [6, 6.07) is 10.7. The summed E-state index contributed by atoms with van der Waals surface area (Å²) in [5.74, 6) is -0.162. The smallest absolute Gasteiger partial charge is 0.258 e. The first kappa shape index (κ1) is 24.2. The molecule has 11 heteroatoms. The van der Waals surface area contributed by atoms with Gasteiger partial charge >= 0.3 is 0 Å². The summed E-state index contributed by atoms with van der Waals surface area (Å²) in [5, 5.41) is 3.35. The van der Waals surface area contributed by atoms with Crippen LogP contribution in [0, 0.1) is 6.92 Å². The van der Waals surface area contributed by atoms with E-state index in [1.54, 1.807) is 6.92 Å². The molecule has 156 valence electrons. The number of aromatic nitrogens is 2. The standard InChI is InChI=1S/C19H12Br5N3O2S/c1-9-7-12(29)27(10-5-3-2-4-6-10)19(25-9)30-8-11(28)26-18-16(23)14(21)13(20)15(22)17(18)24/h2-7H,8H2,1H3,(H,26,28). The number of rotatable bonds is 5. The number of amides is 1. The van der Waals surface area contributed by atoms with E-state index in [9.17, 15) is 9.59 Å². The van der Waals surface area contributed by atoms with E-state index in [2.05, 4.69) is 90.0 Å². The number of benzene rings is 2. The Kier molecular flexibility index (Phi) is 8.42. The molecule has 1 amide bonds. The van der Waals surface area contributed by atoms with Crippen molar-refractivity contribution in [3.63, 3.8) is 0 Å². The Bertz CT molecular complexity index is 1160. The van der Waals surface area contributed by atoms with Crippen molar-refractivity contribution in [2.24, 2.45) is 0 Å². The molecule has 0 aliphatic heterocycles. The van der Waals surface area contributed by atoms with Gasteiger partial charge in [0.15, 0.2) is 5.16 Å². The maximum absolute atomic E-state index is 12.7. The molecule has 5 nitrogen and oxygen atoms in total. The Morgan fingerprint density at radius 2 is 1.57 bits per heavy atom. The molecule has 0 unspecified atom stereocenters. The molecule has 0 radical (unpaired) electrons. The van der Waals surface area contributed by atoms with Gasteiger partial charge in [0.2, 0.25) is 5.91 Å². The van der Waals surface area contributed by atoms with Crippen LogP contribution in [0.2, 0.25) is 0 Å². The molecule has 0 saturated carbocycles. The lowest BCUT2D eigenvalue weighted by Gasteiger charge is -2.15. The van der Waals surface area contributed by atoms with Crippen LogP contribution in [-0.2, 0) is 4.79 Å². The Labute approximate surface area is 219 Å². The molecule has 1 heterocycles. The summed E-state index contributed by atoms with van der Waals surface area (Å²) < 4.78 is 5.22. The summed E-state index contributed by atoms with van der Waals surface area (Å²) >= 11 is 18.6. The van der Waals surface area contributed by atoms with Crippen LogP contribution < -0.4 is 10.9 Å². The third kappa shape index (κ3) is 5.29. The van der Waals surface area contributed by atoms with Crippen LogP contribution >= 0.6 is 91.4 Å². The Balaban J connectivity index is 1.86. The highest BCUT2D eigenvalue weighted by molar-refractivity contribution is 9.15. The molecule has 0 atom stereocenters. The van der Waals surface area contributed by atoms with Crippen LogP contribution in [0.3, 0.4) is 0 Å². The van der Waals surface area contributed by atoms with Gasteiger partial charge in [-0.05, 0) is 98.7 Å². The van der Waals surface area contributed by atoms with E-state index in [1.807, 2.05) is 30.3 Å². The van der Waals surface area contributed by atoms with E-state index in [1.165, 1.54) is 22.4 Å². The van der Waals surface area contributed by atoms with Crippen LogP contribution in [0.25, 0.3) is 5.69 Å². The SMILES string of the molecule is Cc1cc(=O)n(-c2ccccc2)c(SCC(=O)Nc2c(Br)c(Br)c(Br)c(Br)c2Br)n1. The first-order valence-electron chi connectivity index (χ1n) is 8.31. The van der Waals surface area contributed by atoms with Crippen molar-refractivity contribution in [3.05, 3.63) is 74.8 Å². The number of anilines is 1. The highest BCUT2D eigenvalue weighted by Crippen LogP contribution is 2.47. The Morgan fingerprint density at radius 3 is 2.17 bits per heavy atom. The zero-order valence-electron chi connectivity index (χ0n) is 15.2. The minimum Gasteiger partial charge on any atom is -0.323 e. The van der Waals surface area contributed by atoms with Crippen molar-refractivity contribution in [2.75, 3.05) is 11.1 Å². The first-order chi connectivity index (χ1) is 14.2. The lowest BCUT2D eigenvalue weighted by Crippen LogP contribution is -2.22. The third-order valence-electron chi connectivity index (χ3n) is 3.84. The molecule has 1 N–H and O–H groups in total. The van der Waals surface area contributed by atoms with Gasteiger partial charge in [-0.3, -0.25) is 14.2 Å². The monoisotopic (exact) mass is 741 g/mol. The quantitative estimate of drug-likeness (QED) is 0.131. The number of halogens is 5. The van der Waals surface area contributed by atoms with Crippen molar-refractivity contribution < 1.29 is 4.79 Å². The van der Waals surface area contributed by atoms with E-state index in [0.717, 1.165) is 13.4 Å². The number of nitrogens with zero attached hydrogens (tertiary/aromatic N) is 2. The number of hydrogen-bond donors (Lipinski definition) is 1. The average Bonchev–Trinajstić information content (AvgIpc) is 2.72. The molecular formula is C19H12Br5N3O2S. The van der Waals surface area contributed by atoms with E-state index in [4.69, 9.17) is 0 Å². The normalized spacial score (nSPS) is 10.9. The number of carbonyl (C=O) groups is 1. The molecule has 0 bridgehead atoms. The summed E-state index contributed by atoms with van der Waals surface area (Å²) in [6.07, 6.45) is 0. The number of carbonyl (C=O) groups excluding carboxylic acids is 1. The molecule has 3 rings (SSSR count). The lowest BCUT2D eigenvalue weighted by atomic mass is 10.3. The fraction of sp³-hybridized carbons (Fsp3) is 0.105. The van der Waals surface area contributed by atoms with E-state index in [-0.39, 0.29) is 17.2 Å². The van der Waals surface area contributed by atoms with Gasteiger partial charge in [-0.1, -0.05) is 30.0 Å². The predicted molar refractivity (Wildman–Crippen MR) is 139 cm³/mol. The van der Waals surface area contributed by atoms with Crippen molar-refractivity contribution in [1.29, 1.82) is 0 Å². The van der Waals surface area contributed by atoms with Gasteiger partial charge in [0.05, 0.1) is 26.1 Å². The van der Waals surface area contributed by atoms with Gasteiger partial charge in [0, 0.05) is 25.2 Å². The van der Waals surface area contributed by atoms with E-state index >= 15 is 0 Å². The average molecular weight is 746 g/mol. The zero-order chi connectivity index (χ0) is 22.0. The minimum absolute atomic E-state index is 0.0763. The molecule has 0 fully saturated rings. The van der Waals surface area contributed by atoms with Crippen LogP contribution in [0.5, 0.6) is 0 Å². The largest absolute Gasteiger partial charge is 0.323 e. The summed E-state index contributed by atoms with van der Waals surface area (Å²) in [5.41, 5.74) is 1.69. The maximum atomic E-state index is 12.7. The number of nitrogens with one attached hydrogen (secondary N) is 1. The fourth-order valence-corrected chi connectivity index (χ4v) is 6.61. The molecule has 0 saturated heterocycles. The molecule has 0 spiro atoms. The molecule has 2 aromatic carbocycles. The zero-order valence-corrected chi connectivity index (χ0v) is 23.9. The van der Waals surface area contributed by atoms with Crippen molar-refractivity contribution in [3.8, 4) is 5.69 Å². The molecular weight excluding hydrogens is 734 g/mol. The second-order valence-electron chi connectivity index (χ2n) is 5.97. The van der Waals surface area contributed by atoms with Crippen LogP contribution in [-0.4, -0.2) is 21.2 Å². The van der Waals surface area contributed by atoms with Gasteiger partial charge in [-0.25, -0.2) is 4.98 Å². The summed E-state index contributed by atoms with van der Waals surface area (Å²) in [4.78, 5) is 29.7. The van der Waals surface area contributed by atoms with Crippen molar-refractivity contribution in [2.45, 2.75) is 12.1 Å². The number of para-hydroxylation sites is 1. The summed E-state index contributed by atoms with van der Waals surface area (Å²) in [7, 11) is 0. The van der Waals surface area contributed by atoms with Gasteiger partial charge in [-0.2, -0.15) is 0 Å². The second-order valence-corrected chi connectivity index (χ2v) is 10.9. The van der Waals surface area contributed by atoms with Gasteiger partial charge in [-0.15, -0.1) is 0 Å². The number of hydrogen-bond acceptors (Lipinski definition) is 4. The molecule has 30 heavy (non-hydrogen) atoms. The highest BCUT2D eigenvalue weighted by Gasteiger charge is 2.20. The lowest BCUT2D eigenvalue weighted by molar-refractivity contribution is -0.113. The maximum Gasteiger partial charge on any atom is 0.258 e. The van der Waals surface area contributed by atoms with E-state index in [0.29, 0.717) is 31.2 Å². The number of aryl methyl sites for hydroxylation is 1. The number of thioether (sulfide) groups is 1. The topological polar surface area (TPSA) is 64.0 Å². The second kappa shape index (κ2) is 10.4. The van der Waals surface area contributed by atoms with Crippen LogP contribution in [0.15, 0.2) is 68.7 Å². The first-order valence-corrected chi connectivity index (χ1v) is 13.3. The van der Waals surface area contributed by atoms with Crippen LogP contribution in [0.4, 0.5) is 5.69 Å². The van der Waals surface area contributed by atoms with Gasteiger partial charge in [0.1, 0.15) is 0 Å². The third-order valence-corrected chi connectivity index (χ3v) is 10.9. The van der Waals surface area contributed by atoms with Gasteiger partial charge in [0.25, 0.3) is 5.56 Å². The Hall–Kier alpha value is -0.460. The minimum atomic E-state index is -0.238. The molecule has 0 aliphatic carbocycles. The van der Waals surface area contributed by atoms with Crippen molar-refractivity contribution in [1.82, 2.24) is 9.55 Å². The molecule has 1 aromatic heterocycles. The predicted octanol–water partition coefficient (Wildman–Crippen LogP) is 7.08. The van der Waals surface area contributed by atoms with Crippen molar-refractivity contribution >= 4 is 103 Å². The fourth-order valence-electron chi connectivity index (χ4n) is 2.50. The van der Waals surface area contributed by atoms with Gasteiger partial charge < -0.3 is 5.32 Å². The van der Waals surface area contributed by atoms with Crippen LogP contribution in [0.1, 0.15) is 5.69 Å². The highest BCUT2D eigenvalue weighted by atomic mass is 79.9. The Morgan fingerprint density at radius 1 is 1.00 bits per heavy atom.